The summed E-state index contributed by atoms with van der Waals surface area (Å²) >= 11 is 0. The van der Waals surface area contributed by atoms with Gasteiger partial charge < -0.3 is 0 Å². The van der Waals surface area contributed by atoms with Gasteiger partial charge in [0.2, 0.25) is 0 Å². The van der Waals surface area contributed by atoms with Crippen molar-refractivity contribution in [2.75, 3.05) is 0 Å². The minimum Gasteiger partial charge on any atom is -0.297 e. The lowest BCUT2D eigenvalue weighted by Crippen LogP contribution is -2.30. The molecule has 1 nitrogen and oxygen atoms in total. The first-order chi connectivity index (χ1) is 4.42. The molecule has 0 radical (unpaired) electrons. The van der Waals surface area contributed by atoms with Gasteiger partial charge in [0, 0.05) is 0 Å². The van der Waals surface area contributed by atoms with Gasteiger partial charge >= 0.3 is 0 Å². The largest absolute Gasteiger partial charge is 0.297 e. The van der Waals surface area contributed by atoms with Crippen LogP contribution in [0.3, 0.4) is 0 Å². The molecule has 2 unspecified atom stereocenters. The molecule has 0 aliphatic heterocycles. The SMILES string of the molecule is C=NC1CCC1C1CC1. The van der Waals surface area contributed by atoms with E-state index >= 15 is 0 Å². The molecule has 0 spiro atoms. The minimum atomic E-state index is 0.650. The van der Waals surface area contributed by atoms with E-state index in [0.717, 1.165) is 11.8 Å². The van der Waals surface area contributed by atoms with E-state index in [0.29, 0.717) is 6.04 Å². The third-order valence-corrected chi connectivity index (χ3v) is 2.75. The van der Waals surface area contributed by atoms with Crippen molar-refractivity contribution in [2.45, 2.75) is 31.7 Å². The van der Waals surface area contributed by atoms with Gasteiger partial charge in [0.1, 0.15) is 0 Å². The summed E-state index contributed by atoms with van der Waals surface area (Å²) in [6.07, 6.45) is 5.67. The van der Waals surface area contributed by atoms with Gasteiger partial charge in [0.25, 0.3) is 0 Å². The third-order valence-electron chi connectivity index (χ3n) is 2.75. The quantitative estimate of drug-likeness (QED) is 0.497. The first-order valence-corrected chi connectivity index (χ1v) is 3.87. The van der Waals surface area contributed by atoms with Crippen LogP contribution in [0.1, 0.15) is 25.7 Å². The molecule has 0 aromatic rings. The number of hydrogen-bond donors (Lipinski definition) is 0. The standard InChI is InChI=1S/C8H13N/c1-9-8-5-4-7(8)6-2-3-6/h6-8H,1-5H2. The van der Waals surface area contributed by atoms with Crippen molar-refractivity contribution in [3.05, 3.63) is 0 Å². The Morgan fingerprint density at radius 2 is 1.89 bits per heavy atom. The average Bonchev–Trinajstić information content (AvgIpc) is 2.48. The van der Waals surface area contributed by atoms with Crippen molar-refractivity contribution in [1.82, 2.24) is 0 Å². The molecule has 0 aromatic carbocycles. The van der Waals surface area contributed by atoms with Gasteiger partial charge in [-0.05, 0) is 44.2 Å². The fourth-order valence-electron chi connectivity index (χ4n) is 1.81. The Balaban J connectivity index is 1.90. The van der Waals surface area contributed by atoms with Crippen molar-refractivity contribution in [1.29, 1.82) is 0 Å². The van der Waals surface area contributed by atoms with E-state index in [9.17, 15) is 0 Å². The number of nitrogens with zero attached hydrogens (tertiary/aromatic N) is 1. The Kier molecular flexibility index (Phi) is 1.11. The van der Waals surface area contributed by atoms with Gasteiger partial charge in [0.15, 0.2) is 0 Å². The molecule has 0 heterocycles. The van der Waals surface area contributed by atoms with Gasteiger partial charge in [-0.2, -0.15) is 0 Å². The molecule has 0 N–H and O–H groups in total. The lowest BCUT2D eigenvalue weighted by molar-refractivity contribution is 0.228. The second kappa shape index (κ2) is 1.83. The fraction of sp³-hybridized carbons (Fsp3) is 0.875. The maximum absolute atomic E-state index is 4.09. The molecule has 0 saturated heterocycles. The summed E-state index contributed by atoms with van der Waals surface area (Å²) < 4.78 is 0. The number of aliphatic imine (C=N–C) groups is 1. The summed E-state index contributed by atoms with van der Waals surface area (Å²) in [6, 6.07) is 0.650. The minimum absolute atomic E-state index is 0.650. The lowest BCUT2D eigenvalue weighted by atomic mass is 9.77. The zero-order valence-electron chi connectivity index (χ0n) is 5.71. The molecule has 9 heavy (non-hydrogen) atoms. The Hall–Kier alpha value is -0.330. The van der Waals surface area contributed by atoms with Crippen molar-refractivity contribution >= 4 is 6.72 Å². The molecule has 0 aromatic heterocycles. The highest BCUT2D eigenvalue weighted by atomic mass is 14.8. The molecule has 2 atom stereocenters. The molecule has 1 heteroatoms. The number of rotatable bonds is 2. The molecule has 0 bridgehead atoms. The fourth-order valence-corrected chi connectivity index (χ4v) is 1.81. The first kappa shape index (κ1) is 5.45. The Morgan fingerprint density at radius 1 is 1.11 bits per heavy atom. The topological polar surface area (TPSA) is 12.4 Å². The van der Waals surface area contributed by atoms with Crippen LogP contribution in [-0.2, 0) is 0 Å². The van der Waals surface area contributed by atoms with E-state index < -0.39 is 0 Å². The van der Waals surface area contributed by atoms with Gasteiger partial charge in [0.05, 0.1) is 6.04 Å². The third kappa shape index (κ3) is 0.790. The smallest absolute Gasteiger partial charge is 0.0523 e. The van der Waals surface area contributed by atoms with Crippen LogP contribution in [0, 0.1) is 11.8 Å². The zero-order valence-corrected chi connectivity index (χ0v) is 5.71. The van der Waals surface area contributed by atoms with Crippen LogP contribution in [0.5, 0.6) is 0 Å². The van der Waals surface area contributed by atoms with Crippen LogP contribution in [0.2, 0.25) is 0 Å². The van der Waals surface area contributed by atoms with E-state index in [1.807, 2.05) is 0 Å². The van der Waals surface area contributed by atoms with Gasteiger partial charge in [-0.15, -0.1) is 0 Å². The Labute approximate surface area is 56.2 Å². The van der Waals surface area contributed by atoms with Crippen molar-refractivity contribution in [3.63, 3.8) is 0 Å². The molecule has 0 amide bonds. The second-order valence-corrected chi connectivity index (χ2v) is 3.33. The normalized spacial score (nSPS) is 41.8. The van der Waals surface area contributed by atoms with Crippen LogP contribution in [0.4, 0.5) is 0 Å². The van der Waals surface area contributed by atoms with Gasteiger partial charge in [-0.1, -0.05) is 0 Å². The van der Waals surface area contributed by atoms with Crippen molar-refractivity contribution in [2.24, 2.45) is 16.8 Å². The molecule has 2 rings (SSSR count). The van der Waals surface area contributed by atoms with Gasteiger partial charge in [-0.3, -0.25) is 4.99 Å². The highest BCUT2D eigenvalue weighted by Gasteiger charge is 2.41. The van der Waals surface area contributed by atoms with E-state index in [2.05, 4.69) is 11.7 Å². The maximum Gasteiger partial charge on any atom is 0.0523 e. The van der Waals surface area contributed by atoms with Crippen LogP contribution in [0.25, 0.3) is 0 Å². The molecule has 2 aliphatic carbocycles. The molecule has 50 valence electrons. The Bertz CT molecular complexity index is 127. The summed E-state index contributed by atoms with van der Waals surface area (Å²) in [5, 5.41) is 0. The van der Waals surface area contributed by atoms with E-state index in [1.165, 1.54) is 25.7 Å². The van der Waals surface area contributed by atoms with E-state index in [-0.39, 0.29) is 0 Å². The number of hydrogen-bond acceptors (Lipinski definition) is 1. The summed E-state index contributed by atoms with van der Waals surface area (Å²) in [6.45, 7) is 3.59. The van der Waals surface area contributed by atoms with Crippen molar-refractivity contribution in [3.8, 4) is 0 Å². The average molecular weight is 123 g/mol. The first-order valence-electron chi connectivity index (χ1n) is 3.87. The zero-order chi connectivity index (χ0) is 6.27. The van der Waals surface area contributed by atoms with Gasteiger partial charge in [-0.25, -0.2) is 0 Å². The second-order valence-electron chi connectivity index (χ2n) is 3.33. The van der Waals surface area contributed by atoms with Crippen LogP contribution >= 0.6 is 0 Å². The molecule has 2 fully saturated rings. The predicted octanol–water partition coefficient (Wildman–Crippen LogP) is 1.88. The summed E-state index contributed by atoms with van der Waals surface area (Å²) in [7, 11) is 0. The van der Waals surface area contributed by atoms with E-state index in [1.54, 1.807) is 0 Å². The lowest BCUT2D eigenvalue weighted by Gasteiger charge is -2.33. The molecular weight excluding hydrogens is 110 g/mol. The Morgan fingerprint density at radius 3 is 2.22 bits per heavy atom. The van der Waals surface area contributed by atoms with Crippen LogP contribution in [-0.4, -0.2) is 12.8 Å². The van der Waals surface area contributed by atoms with Crippen LogP contribution in [0.15, 0.2) is 4.99 Å². The van der Waals surface area contributed by atoms with Crippen LogP contribution < -0.4 is 0 Å². The van der Waals surface area contributed by atoms with E-state index in [4.69, 9.17) is 0 Å². The molecule has 2 saturated carbocycles. The predicted molar refractivity (Wildman–Crippen MR) is 38.8 cm³/mol. The summed E-state index contributed by atoms with van der Waals surface area (Å²) in [5.74, 6) is 2.00. The summed E-state index contributed by atoms with van der Waals surface area (Å²) in [4.78, 5) is 4.09. The maximum atomic E-state index is 4.09. The molecule has 2 aliphatic rings. The monoisotopic (exact) mass is 123 g/mol. The highest BCUT2D eigenvalue weighted by molar-refractivity contribution is 5.25. The molecular formula is C8H13N. The summed E-state index contributed by atoms with van der Waals surface area (Å²) in [5.41, 5.74) is 0. The highest BCUT2D eigenvalue weighted by Crippen LogP contribution is 2.47. The van der Waals surface area contributed by atoms with Crippen molar-refractivity contribution < 1.29 is 0 Å².